The highest BCUT2D eigenvalue weighted by molar-refractivity contribution is 5.94. The molecule has 0 atom stereocenters. The van der Waals surface area contributed by atoms with Gasteiger partial charge in [0.15, 0.2) is 5.82 Å². The van der Waals surface area contributed by atoms with Gasteiger partial charge >= 0.3 is 0 Å². The van der Waals surface area contributed by atoms with Gasteiger partial charge in [0.25, 0.3) is 5.91 Å². The monoisotopic (exact) mass is 361 g/mol. The molecule has 0 radical (unpaired) electrons. The lowest BCUT2D eigenvalue weighted by molar-refractivity contribution is 0.0690. The van der Waals surface area contributed by atoms with Gasteiger partial charge in [-0.15, -0.1) is 5.10 Å². The quantitative estimate of drug-likeness (QED) is 0.716. The Hall–Kier alpha value is -3.02. The van der Waals surface area contributed by atoms with E-state index in [9.17, 15) is 4.79 Å². The number of nitrogens with zero attached hydrogens (tertiary/aromatic N) is 5. The lowest BCUT2D eigenvalue weighted by atomic mass is 9.90. The molecular weight excluding hydrogens is 338 g/mol. The minimum absolute atomic E-state index is 0.0840. The van der Waals surface area contributed by atoms with Crippen LogP contribution in [0.1, 0.15) is 34.6 Å². The molecule has 4 rings (SSSR count). The minimum atomic E-state index is 0.0840. The zero-order chi connectivity index (χ0) is 18.6. The summed E-state index contributed by atoms with van der Waals surface area (Å²) in [6.45, 7) is 3.46. The van der Waals surface area contributed by atoms with Crippen molar-refractivity contribution in [2.45, 2.75) is 26.2 Å². The lowest BCUT2D eigenvalue weighted by Crippen LogP contribution is -2.38. The van der Waals surface area contributed by atoms with E-state index in [0.29, 0.717) is 17.3 Å². The van der Waals surface area contributed by atoms with Gasteiger partial charge in [0, 0.05) is 18.7 Å². The maximum absolute atomic E-state index is 12.9. The summed E-state index contributed by atoms with van der Waals surface area (Å²) < 4.78 is 1.64. The number of rotatable bonds is 4. The van der Waals surface area contributed by atoms with E-state index in [-0.39, 0.29) is 5.91 Å². The summed E-state index contributed by atoms with van der Waals surface area (Å²) in [5, 5.41) is 11.6. The van der Waals surface area contributed by atoms with E-state index in [2.05, 4.69) is 45.9 Å². The maximum atomic E-state index is 12.9. The van der Waals surface area contributed by atoms with Crippen LogP contribution in [0.2, 0.25) is 0 Å². The number of amides is 1. The smallest absolute Gasteiger partial charge is 0.253 e. The van der Waals surface area contributed by atoms with Crippen molar-refractivity contribution in [3.05, 3.63) is 71.5 Å². The van der Waals surface area contributed by atoms with Gasteiger partial charge in [-0.2, -0.15) is 4.68 Å². The van der Waals surface area contributed by atoms with E-state index in [1.165, 1.54) is 5.56 Å². The number of carbonyl (C=O) groups is 1. The molecule has 138 valence electrons. The van der Waals surface area contributed by atoms with E-state index < -0.39 is 0 Å². The molecule has 1 amide bonds. The topological polar surface area (TPSA) is 63.9 Å². The molecule has 0 saturated carbocycles. The lowest BCUT2D eigenvalue weighted by Gasteiger charge is -2.32. The molecule has 1 aromatic heterocycles. The summed E-state index contributed by atoms with van der Waals surface area (Å²) in [6.07, 6.45) is 3.19. The van der Waals surface area contributed by atoms with Crippen LogP contribution in [0.25, 0.3) is 5.69 Å². The molecule has 0 aliphatic carbocycles. The summed E-state index contributed by atoms with van der Waals surface area (Å²) in [6, 6.07) is 18.1. The van der Waals surface area contributed by atoms with Crippen molar-refractivity contribution in [3.63, 3.8) is 0 Å². The molecule has 1 aliphatic heterocycles. The van der Waals surface area contributed by atoms with Crippen molar-refractivity contribution < 1.29 is 4.79 Å². The second-order valence-electron chi connectivity index (χ2n) is 7.11. The molecule has 0 bridgehead atoms. The van der Waals surface area contributed by atoms with E-state index in [1.54, 1.807) is 4.68 Å². The van der Waals surface area contributed by atoms with Crippen LogP contribution in [0.5, 0.6) is 0 Å². The molecule has 6 heteroatoms. The van der Waals surface area contributed by atoms with Crippen LogP contribution < -0.4 is 0 Å². The molecule has 1 saturated heterocycles. The van der Waals surface area contributed by atoms with Crippen molar-refractivity contribution in [1.82, 2.24) is 25.1 Å². The third kappa shape index (κ3) is 3.89. The van der Waals surface area contributed by atoms with Crippen molar-refractivity contribution >= 4 is 5.91 Å². The molecule has 3 aromatic rings. The molecule has 1 aliphatic rings. The average molecular weight is 361 g/mol. The van der Waals surface area contributed by atoms with Crippen LogP contribution in [0.15, 0.2) is 54.6 Å². The van der Waals surface area contributed by atoms with Crippen molar-refractivity contribution in [2.24, 2.45) is 5.92 Å². The Balaban J connectivity index is 1.40. The predicted molar refractivity (Wildman–Crippen MR) is 103 cm³/mol. The summed E-state index contributed by atoms with van der Waals surface area (Å²) in [7, 11) is 0. The molecule has 1 fully saturated rings. The maximum Gasteiger partial charge on any atom is 0.253 e. The summed E-state index contributed by atoms with van der Waals surface area (Å²) in [5.74, 6) is 1.42. The van der Waals surface area contributed by atoms with Gasteiger partial charge in [-0.3, -0.25) is 4.79 Å². The second-order valence-corrected chi connectivity index (χ2v) is 7.11. The highest BCUT2D eigenvalue weighted by Crippen LogP contribution is 2.23. The van der Waals surface area contributed by atoms with Crippen LogP contribution in [0.3, 0.4) is 0 Å². The van der Waals surface area contributed by atoms with Crippen LogP contribution >= 0.6 is 0 Å². The van der Waals surface area contributed by atoms with Crippen molar-refractivity contribution in [3.8, 4) is 5.69 Å². The first-order valence-electron chi connectivity index (χ1n) is 9.39. The van der Waals surface area contributed by atoms with Gasteiger partial charge in [0.2, 0.25) is 0 Å². The standard InChI is InChI=1S/C21H23N5O/c1-16-22-23-24-26(16)20-9-5-8-19(15-20)21(27)25-12-10-18(11-13-25)14-17-6-3-2-4-7-17/h2-9,15,18H,10-14H2,1H3. The van der Waals surface area contributed by atoms with Crippen LogP contribution in [0.4, 0.5) is 0 Å². The number of aryl methyl sites for hydroxylation is 1. The zero-order valence-electron chi connectivity index (χ0n) is 15.5. The van der Waals surface area contributed by atoms with Crippen molar-refractivity contribution in [2.75, 3.05) is 13.1 Å². The van der Waals surface area contributed by atoms with Gasteiger partial charge in [0.05, 0.1) is 5.69 Å². The fraction of sp³-hybridized carbons (Fsp3) is 0.333. The van der Waals surface area contributed by atoms with Crippen LogP contribution in [-0.4, -0.2) is 44.1 Å². The highest BCUT2D eigenvalue weighted by Gasteiger charge is 2.24. The fourth-order valence-electron chi connectivity index (χ4n) is 3.71. The Morgan fingerprint density at radius 3 is 2.56 bits per heavy atom. The molecule has 2 aromatic carbocycles. The van der Waals surface area contributed by atoms with E-state index >= 15 is 0 Å². The first kappa shape index (κ1) is 17.4. The third-order valence-corrected chi connectivity index (χ3v) is 5.23. The molecular formula is C21H23N5O. The SMILES string of the molecule is Cc1nnnn1-c1cccc(C(=O)N2CCC(Cc3ccccc3)CC2)c1. The van der Waals surface area contributed by atoms with Gasteiger partial charge in [0.1, 0.15) is 0 Å². The molecule has 0 N–H and O–H groups in total. The molecule has 0 unspecified atom stereocenters. The fourth-order valence-corrected chi connectivity index (χ4v) is 3.71. The molecule has 27 heavy (non-hydrogen) atoms. The normalized spacial score (nSPS) is 15.1. The van der Waals surface area contributed by atoms with E-state index in [4.69, 9.17) is 0 Å². The Morgan fingerprint density at radius 2 is 1.85 bits per heavy atom. The number of likely N-dealkylation sites (tertiary alicyclic amines) is 1. The number of piperidine rings is 1. The van der Waals surface area contributed by atoms with Crippen LogP contribution in [0, 0.1) is 12.8 Å². The Kier molecular flexibility index (Phi) is 4.96. The molecule has 2 heterocycles. The first-order chi connectivity index (χ1) is 13.2. The van der Waals surface area contributed by atoms with Gasteiger partial charge in [-0.25, -0.2) is 0 Å². The number of tetrazole rings is 1. The molecule has 0 spiro atoms. The van der Waals surface area contributed by atoms with E-state index in [0.717, 1.165) is 38.0 Å². The Morgan fingerprint density at radius 1 is 1.07 bits per heavy atom. The number of benzene rings is 2. The number of carbonyl (C=O) groups excluding carboxylic acids is 1. The number of hydrogen-bond donors (Lipinski definition) is 0. The van der Waals surface area contributed by atoms with Crippen molar-refractivity contribution in [1.29, 1.82) is 0 Å². The first-order valence-corrected chi connectivity index (χ1v) is 9.39. The van der Waals surface area contributed by atoms with Gasteiger partial charge in [-0.05, 0) is 66.3 Å². The van der Waals surface area contributed by atoms with Crippen LogP contribution in [-0.2, 0) is 6.42 Å². The zero-order valence-corrected chi connectivity index (χ0v) is 15.5. The highest BCUT2D eigenvalue weighted by atomic mass is 16.2. The van der Waals surface area contributed by atoms with E-state index in [1.807, 2.05) is 36.1 Å². The second kappa shape index (κ2) is 7.70. The predicted octanol–water partition coefficient (Wildman–Crippen LogP) is 3.07. The third-order valence-electron chi connectivity index (χ3n) is 5.23. The van der Waals surface area contributed by atoms with Gasteiger partial charge in [-0.1, -0.05) is 36.4 Å². The minimum Gasteiger partial charge on any atom is -0.339 e. The average Bonchev–Trinajstić information content (AvgIpc) is 3.15. The summed E-state index contributed by atoms with van der Waals surface area (Å²) in [5.41, 5.74) is 2.87. The number of aromatic nitrogens is 4. The summed E-state index contributed by atoms with van der Waals surface area (Å²) in [4.78, 5) is 14.9. The number of hydrogen-bond acceptors (Lipinski definition) is 4. The van der Waals surface area contributed by atoms with Gasteiger partial charge < -0.3 is 4.90 Å². The summed E-state index contributed by atoms with van der Waals surface area (Å²) >= 11 is 0. The largest absolute Gasteiger partial charge is 0.339 e. The Bertz CT molecular complexity index is 913. The Labute approximate surface area is 158 Å². The molecule has 6 nitrogen and oxygen atoms in total.